The Bertz CT molecular complexity index is 813. The fourth-order valence-electron chi connectivity index (χ4n) is 3.08. The molecular weight excluding hydrogens is 409 g/mol. The number of carbonyl (C=O) groups excluding carboxylic acids is 1. The number of carbonyl (C=O) groups is 1. The van der Waals surface area contributed by atoms with Gasteiger partial charge in [0.25, 0.3) is 5.91 Å². The minimum absolute atomic E-state index is 0.0846. The molecule has 1 fully saturated rings. The number of alkyl halides is 3. The lowest BCUT2D eigenvalue weighted by atomic mass is 10.1. The highest BCUT2D eigenvalue weighted by Crippen LogP contribution is 2.28. The highest BCUT2D eigenvalue weighted by molar-refractivity contribution is 6.30. The molecule has 9 heteroatoms. The molecule has 156 valence electrons. The predicted molar refractivity (Wildman–Crippen MR) is 103 cm³/mol. The summed E-state index contributed by atoms with van der Waals surface area (Å²) in [7, 11) is 0. The average Bonchev–Trinajstić information content (AvgIpc) is 3.14. The molecule has 1 unspecified atom stereocenters. The highest BCUT2D eigenvalue weighted by Gasteiger charge is 2.31. The van der Waals surface area contributed by atoms with Crippen molar-refractivity contribution in [2.45, 2.75) is 12.8 Å². The van der Waals surface area contributed by atoms with E-state index in [0.717, 1.165) is 18.7 Å². The van der Waals surface area contributed by atoms with E-state index in [2.05, 4.69) is 15.0 Å². The second-order valence-electron chi connectivity index (χ2n) is 6.69. The van der Waals surface area contributed by atoms with Crippen LogP contribution in [0.5, 0.6) is 11.5 Å². The zero-order valence-electron chi connectivity index (χ0n) is 15.4. The smallest absolute Gasteiger partial charge is 0.484 e. The number of nitrogens with zero attached hydrogens (tertiary/aromatic N) is 1. The van der Waals surface area contributed by atoms with Gasteiger partial charge < -0.3 is 19.7 Å². The summed E-state index contributed by atoms with van der Waals surface area (Å²) in [4.78, 5) is 14.0. The zero-order valence-corrected chi connectivity index (χ0v) is 16.2. The molecule has 2 aromatic carbocycles. The standard InChI is InChI=1S/C20H20ClF3N2O3/c21-15-1-5-17(6-2-15)28-13-19(27)25-11-14-9-10-26(12-14)16-3-7-18(8-4-16)29-20(22,23)24/h1-8,14H,9-13H2,(H,25,27). The van der Waals surface area contributed by atoms with E-state index in [1.54, 1.807) is 36.4 Å². The highest BCUT2D eigenvalue weighted by atomic mass is 35.5. The van der Waals surface area contributed by atoms with Gasteiger partial charge in [-0.2, -0.15) is 0 Å². The van der Waals surface area contributed by atoms with Crippen LogP contribution in [0.15, 0.2) is 48.5 Å². The Morgan fingerprint density at radius 2 is 1.76 bits per heavy atom. The molecule has 0 aliphatic carbocycles. The van der Waals surface area contributed by atoms with Crippen molar-refractivity contribution >= 4 is 23.2 Å². The first-order valence-corrected chi connectivity index (χ1v) is 9.42. The van der Waals surface area contributed by atoms with Gasteiger partial charge in [-0.05, 0) is 60.9 Å². The van der Waals surface area contributed by atoms with Crippen molar-refractivity contribution in [3.05, 3.63) is 53.6 Å². The normalized spacial score (nSPS) is 16.6. The lowest BCUT2D eigenvalue weighted by Gasteiger charge is -2.19. The van der Waals surface area contributed by atoms with E-state index in [9.17, 15) is 18.0 Å². The zero-order chi connectivity index (χ0) is 20.9. The van der Waals surface area contributed by atoms with Gasteiger partial charge in [0, 0.05) is 30.3 Å². The van der Waals surface area contributed by atoms with Crippen LogP contribution in [-0.2, 0) is 4.79 Å². The molecule has 3 rings (SSSR count). The van der Waals surface area contributed by atoms with Gasteiger partial charge in [-0.3, -0.25) is 4.79 Å². The summed E-state index contributed by atoms with van der Waals surface area (Å²) in [6, 6.07) is 12.5. The number of ether oxygens (including phenoxy) is 2. The summed E-state index contributed by atoms with van der Waals surface area (Å²) in [6.45, 7) is 1.90. The molecule has 1 heterocycles. The summed E-state index contributed by atoms with van der Waals surface area (Å²) in [5.41, 5.74) is 0.819. The number of hydrogen-bond donors (Lipinski definition) is 1. The van der Waals surface area contributed by atoms with E-state index in [4.69, 9.17) is 16.3 Å². The van der Waals surface area contributed by atoms with Crippen LogP contribution in [0.1, 0.15) is 6.42 Å². The Labute approximate surface area is 171 Å². The summed E-state index contributed by atoms with van der Waals surface area (Å²) < 4.78 is 46.0. The monoisotopic (exact) mass is 428 g/mol. The maximum Gasteiger partial charge on any atom is 0.573 e. The number of rotatable bonds is 7. The molecule has 5 nitrogen and oxygen atoms in total. The molecule has 0 spiro atoms. The Hall–Kier alpha value is -2.61. The predicted octanol–water partition coefficient (Wildman–Crippen LogP) is 4.26. The van der Waals surface area contributed by atoms with E-state index in [1.165, 1.54) is 12.1 Å². The molecule has 1 aliphatic heterocycles. The van der Waals surface area contributed by atoms with E-state index in [0.29, 0.717) is 23.9 Å². The number of benzene rings is 2. The van der Waals surface area contributed by atoms with Crippen molar-refractivity contribution in [2.24, 2.45) is 5.92 Å². The summed E-state index contributed by atoms with van der Waals surface area (Å²) in [6.07, 6.45) is -3.82. The van der Waals surface area contributed by atoms with Crippen LogP contribution < -0.4 is 19.7 Å². The van der Waals surface area contributed by atoms with Crippen molar-refractivity contribution in [2.75, 3.05) is 31.1 Å². The van der Waals surface area contributed by atoms with Crippen LogP contribution >= 0.6 is 11.6 Å². The third kappa shape index (κ3) is 6.74. The number of halogens is 4. The number of hydrogen-bond acceptors (Lipinski definition) is 4. The fourth-order valence-corrected chi connectivity index (χ4v) is 3.21. The quantitative estimate of drug-likeness (QED) is 0.716. The van der Waals surface area contributed by atoms with Crippen LogP contribution in [0.2, 0.25) is 5.02 Å². The van der Waals surface area contributed by atoms with Crippen LogP contribution in [0.25, 0.3) is 0 Å². The molecule has 1 amide bonds. The first-order valence-electron chi connectivity index (χ1n) is 9.04. The topological polar surface area (TPSA) is 50.8 Å². The molecule has 1 atom stereocenters. The minimum Gasteiger partial charge on any atom is -0.484 e. The lowest BCUT2D eigenvalue weighted by Crippen LogP contribution is -2.34. The van der Waals surface area contributed by atoms with Gasteiger partial charge in [0.1, 0.15) is 11.5 Å². The molecule has 0 saturated carbocycles. The van der Waals surface area contributed by atoms with Gasteiger partial charge in [0.05, 0.1) is 0 Å². The van der Waals surface area contributed by atoms with Crippen LogP contribution in [0, 0.1) is 5.92 Å². The van der Waals surface area contributed by atoms with Gasteiger partial charge in [0.2, 0.25) is 0 Å². The lowest BCUT2D eigenvalue weighted by molar-refractivity contribution is -0.274. The molecular formula is C20H20ClF3N2O3. The second kappa shape index (κ2) is 9.26. The Kier molecular flexibility index (Phi) is 6.74. The van der Waals surface area contributed by atoms with Crippen LogP contribution in [0.4, 0.5) is 18.9 Å². The van der Waals surface area contributed by atoms with E-state index >= 15 is 0 Å². The van der Waals surface area contributed by atoms with Gasteiger partial charge in [-0.15, -0.1) is 13.2 Å². The first-order chi connectivity index (χ1) is 13.8. The SMILES string of the molecule is O=C(COc1ccc(Cl)cc1)NCC1CCN(c2ccc(OC(F)(F)F)cc2)C1. The third-order valence-corrected chi connectivity index (χ3v) is 4.74. The third-order valence-electron chi connectivity index (χ3n) is 4.49. The molecule has 1 N–H and O–H groups in total. The van der Waals surface area contributed by atoms with Crippen molar-refractivity contribution in [1.82, 2.24) is 5.32 Å². The van der Waals surface area contributed by atoms with Crippen molar-refractivity contribution < 1.29 is 27.4 Å². The second-order valence-corrected chi connectivity index (χ2v) is 7.13. The fraction of sp³-hybridized carbons (Fsp3) is 0.350. The van der Waals surface area contributed by atoms with Crippen LogP contribution in [0.3, 0.4) is 0 Å². The molecule has 2 aromatic rings. The minimum atomic E-state index is -4.70. The maximum absolute atomic E-state index is 12.2. The number of amides is 1. The van der Waals surface area contributed by atoms with Gasteiger partial charge in [0.15, 0.2) is 6.61 Å². The largest absolute Gasteiger partial charge is 0.573 e. The molecule has 0 aromatic heterocycles. The molecule has 0 radical (unpaired) electrons. The Morgan fingerprint density at radius 1 is 1.10 bits per heavy atom. The Morgan fingerprint density at radius 3 is 2.41 bits per heavy atom. The van der Waals surface area contributed by atoms with E-state index < -0.39 is 6.36 Å². The van der Waals surface area contributed by atoms with Gasteiger partial charge in [-0.1, -0.05) is 11.6 Å². The first kappa shape index (κ1) is 21.1. The summed E-state index contributed by atoms with van der Waals surface area (Å²) >= 11 is 5.80. The summed E-state index contributed by atoms with van der Waals surface area (Å²) in [5, 5.41) is 3.44. The van der Waals surface area contributed by atoms with Crippen LogP contribution in [-0.4, -0.2) is 38.5 Å². The molecule has 1 saturated heterocycles. The average molecular weight is 429 g/mol. The molecule has 1 aliphatic rings. The van der Waals surface area contributed by atoms with E-state index in [1.807, 2.05) is 0 Å². The Balaban J connectivity index is 1.40. The number of anilines is 1. The van der Waals surface area contributed by atoms with Crippen molar-refractivity contribution in [3.63, 3.8) is 0 Å². The molecule has 29 heavy (non-hydrogen) atoms. The van der Waals surface area contributed by atoms with Gasteiger partial charge >= 0.3 is 6.36 Å². The van der Waals surface area contributed by atoms with Crippen molar-refractivity contribution in [3.8, 4) is 11.5 Å². The summed E-state index contributed by atoms with van der Waals surface area (Å²) in [5.74, 6) is 0.354. The van der Waals surface area contributed by atoms with Crippen molar-refractivity contribution in [1.29, 1.82) is 0 Å². The molecule has 0 bridgehead atoms. The maximum atomic E-state index is 12.2. The van der Waals surface area contributed by atoms with Gasteiger partial charge in [-0.25, -0.2) is 0 Å². The van der Waals surface area contributed by atoms with E-state index in [-0.39, 0.29) is 24.2 Å². The number of nitrogens with one attached hydrogen (secondary N) is 1.